The number of carbonyl (C=O) groups is 1. The summed E-state index contributed by atoms with van der Waals surface area (Å²) in [6.07, 6.45) is 0. The molecule has 8 heteroatoms. The van der Waals surface area contributed by atoms with E-state index in [0.29, 0.717) is 11.1 Å². The Balaban J connectivity index is 2.21. The van der Waals surface area contributed by atoms with E-state index >= 15 is 0 Å². The second kappa shape index (κ2) is 6.36. The van der Waals surface area contributed by atoms with Crippen LogP contribution in [-0.4, -0.2) is 30.4 Å². The van der Waals surface area contributed by atoms with Crippen LogP contribution < -0.4 is 10.5 Å². The number of hydrogen-bond donors (Lipinski definition) is 1. The summed E-state index contributed by atoms with van der Waals surface area (Å²) >= 11 is 0. The summed E-state index contributed by atoms with van der Waals surface area (Å²) in [7, 11) is 1.46. The van der Waals surface area contributed by atoms with Crippen LogP contribution in [0.1, 0.15) is 16.7 Å². The van der Waals surface area contributed by atoms with Crippen LogP contribution in [0.5, 0.6) is 5.75 Å². The first-order valence-corrected chi connectivity index (χ1v) is 7.71. The Labute approximate surface area is 147 Å². The average molecular weight is 363 g/mol. The Bertz CT molecular complexity index is 901. The first-order chi connectivity index (χ1) is 12.3. The lowest BCUT2D eigenvalue weighted by molar-refractivity contribution is -0.129. The van der Waals surface area contributed by atoms with Gasteiger partial charge in [-0.1, -0.05) is 18.2 Å². The molecule has 0 saturated carbocycles. The summed E-state index contributed by atoms with van der Waals surface area (Å²) in [5.74, 6) is -1.05. The minimum absolute atomic E-state index is 0.0195. The molecule has 1 amide bonds. The molecule has 2 aromatic rings. The molecule has 1 unspecified atom stereocenters. The number of likely N-dealkylation sites (N-methyl/N-ethyl adjacent to an activating group) is 1. The lowest BCUT2D eigenvalue weighted by atomic mass is 9.82. The summed E-state index contributed by atoms with van der Waals surface area (Å²) < 4.78 is 43.2. The van der Waals surface area contributed by atoms with E-state index in [1.165, 1.54) is 48.3 Å². The maximum atomic E-state index is 13.8. The maximum absolute atomic E-state index is 13.8. The zero-order chi connectivity index (χ0) is 19.1. The summed E-state index contributed by atoms with van der Waals surface area (Å²) in [5.41, 5.74) is 5.29. The van der Waals surface area contributed by atoms with Gasteiger partial charge in [-0.15, -0.1) is 0 Å². The smallest absolute Gasteiger partial charge is 0.387 e. The molecule has 3 rings (SSSR count). The molecule has 2 aromatic carbocycles. The van der Waals surface area contributed by atoms with E-state index in [0.717, 1.165) is 0 Å². The van der Waals surface area contributed by atoms with E-state index in [2.05, 4.69) is 9.73 Å². The van der Waals surface area contributed by atoms with Crippen molar-refractivity contribution in [2.45, 2.75) is 19.1 Å². The molecule has 1 heterocycles. The number of halogens is 3. The summed E-state index contributed by atoms with van der Waals surface area (Å²) in [4.78, 5) is 18.5. The van der Waals surface area contributed by atoms with Gasteiger partial charge in [0.1, 0.15) is 11.6 Å². The van der Waals surface area contributed by atoms with Crippen molar-refractivity contribution in [1.82, 2.24) is 4.90 Å². The largest absolute Gasteiger partial charge is 0.435 e. The van der Waals surface area contributed by atoms with Gasteiger partial charge in [-0.05, 0) is 47.9 Å². The molecule has 1 atom stereocenters. The molecule has 0 aromatic heterocycles. The lowest BCUT2D eigenvalue weighted by Gasteiger charge is -2.26. The number of carbonyl (C=O) groups excluding carboxylic acids is 1. The minimum Gasteiger partial charge on any atom is -0.435 e. The van der Waals surface area contributed by atoms with Crippen LogP contribution in [0, 0.1) is 12.7 Å². The lowest BCUT2D eigenvalue weighted by Crippen LogP contribution is -2.41. The van der Waals surface area contributed by atoms with E-state index in [-0.39, 0.29) is 17.3 Å². The van der Waals surface area contributed by atoms with E-state index in [1.54, 1.807) is 13.0 Å². The quantitative estimate of drug-likeness (QED) is 0.908. The Kier molecular flexibility index (Phi) is 4.35. The number of benzene rings is 2. The highest BCUT2D eigenvalue weighted by Crippen LogP contribution is 2.40. The van der Waals surface area contributed by atoms with Gasteiger partial charge < -0.3 is 10.5 Å². The van der Waals surface area contributed by atoms with Gasteiger partial charge in [-0.2, -0.15) is 8.78 Å². The number of aliphatic imine (C=N–C) groups is 1. The molecular formula is C18H16F3N3O2. The highest BCUT2D eigenvalue weighted by Gasteiger charge is 2.49. The molecular weight excluding hydrogens is 347 g/mol. The number of hydrogen-bond acceptors (Lipinski definition) is 4. The van der Waals surface area contributed by atoms with Crippen LogP contribution in [-0.2, 0) is 10.3 Å². The predicted molar refractivity (Wildman–Crippen MR) is 89.4 cm³/mol. The van der Waals surface area contributed by atoms with E-state index in [4.69, 9.17) is 5.73 Å². The molecule has 0 spiro atoms. The van der Waals surface area contributed by atoms with Crippen molar-refractivity contribution in [2.24, 2.45) is 10.7 Å². The summed E-state index contributed by atoms with van der Waals surface area (Å²) in [5, 5.41) is 0. The van der Waals surface area contributed by atoms with Gasteiger partial charge in [0.15, 0.2) is 11.5 Å². The van der Waals surface area contributed by atoms with Crippen molar-refractivity contribution in [3.05, 3.63) is 65.0 Å². The predicted octanol–water partition coefficient (Wildman–Crippen LogP) is 2.77. The third-order valence-corrected chi connectivity index (χ3v) is 4.29. The highest BCUT2D eigenvalue weighted by molar-refractivity contribution is 6.08. The number of nitrogens with two attached hydrogens (primary N) is 1. The maximum Gasteiger partial charge on any atom is 0.387 e. The number of rotatable bonds is 4. The van der Waals surface area contributed by atoms with Crippen LogP contribution >= 0.6 is 0 Å². The summed E-state index contributed by atoms with van der Waals surface area (Å²) in [6.45, 7) is -1.40. The van der Waals surface area contributed by atoms with Gasteiger partial charge in [0.2, 0.25) is 0 Å². The molecule has 0 aliphatic carbocycles. The molecule has 0 bridgehead atoms. The minimum atomic E-state index is -2.97. The van der Waals surface area contributed by atoms with Gasteiger partial charge in [-0.3, -0.25) is 9.69 Å². The van der Waals surface area contributed by atoms with E-state index in [1.807, 2.05) is 0 Å². The van der Waals surface area contributed by atoms with Crippen LogP contribution in [0.3, 0.4) is 0 Å². The van der Waals surface area contributed by atoms with Crippen LogP contribution in [0.4, 0.5) is 13.2 Å². The first kappa shape index (κ1) is 17.8. The first-order valence-electron chi connectivity index (χ1n) is 7.71. The van der Waals surface area contributed by atoms with Gasteiger partial charge in [0.05, 0.1) is 0 Å². The van der Waals surface area contributed by atoms with E-state index < -0.39 is 23.9 Å². The van der Waals surface area contributed by atoms with Crippen molar-refractivity contribution in [1.29, 1.82) is 0 Å². The molecule has 5 nitrogen and oxygen atoms in total. The highest BCUT2D eigenvalue weighted by atomic mass is 19.3. The van der Waals surface area contributed by atoms with Crippen LogP contribution in [0.2, 0.25) is 0 Å². The number of nitrogens with zero attached hydrogens (tertiary/aromatic N) is 2. The number of amides is 1. The molecule has 0 radical (unpaired) electrons. The van der Waals surface area contributed by atoms with Crippen LogP contribution in [0.25, 0.3) is 0 Å². The second-order valence-corrected chi connectivity index (χ2v) is 5.91. The van der Waals surface area contributed by atoms with Crippen molar-refractivity contribution in [3.8, 4) is 5.75 Å². The SMILES string of the molecule is Cc1cc(C2(c3cccc(F)c3)N=C(N)N(C)C2=O)ccc1OC(F)F. The molecule has 0 fully saturated rings. The van der Waals surface area contributed by atoms with Crippen molar-refractivity contribution in [2.75, 3.05) is 7.05 Å². The standard InChI is InChI=1S/C18H16F3N3O2/c1-10-8-12(6-7-14(10)26-16(20)21)18(11-4-3-5-13(19)9-11)15(25)24(2)17(22)23-18/h3-9,16H,1-2H3,(H2,22,23). The number of ether oxygens (including phenoxy) is 1. The molecule has 2 N–H and O–H groups in total. The van der Waals surface area contributed by atoms with Crippen LogP contribution in [0.15, 0.2) is 47.5 Å². The fraction of sp³-hybridized carbons (Fsp3) is 0.222. The van der Waals surface area contributed by atoms with Gasteiger partial charge in [-0.25, -0.2) is 9.38 Å². The molecule has 136 valence electrons. The molecule has 1 aliphatic rings. The zero-order valence-electron chi connectivity index (χ0n) is 14.0. The Hall–Kier alpha value is -3.03. The normalized spacial score (nSPS) is 19.8. The van der Waals surface area contributed by atoms with E-state index in [9.17, 15) is 18.0 Å². The molecule has 26 heavy (non-hydrogen) atoms. The fourth-order valence-corrected chi connectivity index (χ4v) is 3.00. The monoisotopic (exact) mass is 363 g/mol. The summed E-state index contributed by atoms with van der Waals surface area (Å²) in [6, 6.07) is 9.76. The topological polar surface area (TPSA) is 67.9 Å². The van der Waals surface area contributed by atoms with Gasteiger partial charge in [0.25, 0.3) is 5.91 Å². The number of alkyl halides is 2. The fourth-order valence-electron chi connectivity index (χ4n) is 3.00. The third kappa shape index (κ3) is 2.77. The molecule has 0 saturated heterocycles. The third-order valence-electron chi connectivity index (χ3n) is 4.29. The Morgan fingerprint density at radius 1 is 1.19 bits per heavy atom. The Morgan fingerprint density at radius 3 is 2.42 bits per heavy atom. The van der Waals surface area contributed by atoms with Gasteiger partial charge in [0, 0.05) is 7.05 Å². The number of guanidine groups is 1. The Morgan fingerprint density at radius 2 is 1.88 bits per heavy atom. The van der Waals surface area contributed by atoms with Crippen molar-refractivity contribution >= 4 is 11.9 Å². The zero-order valence-corrected chi connectivity index (χ0v) is 14.0. The van der Waals surface area contributed by atoms with Crippen molar-refractivity contribution < 1.29 is 22.7 Å². The average Bonchev–Trinajstić information content (AvgIpc) is 2.81. The number of aryl methyl sites for hydroxylation is 1. The van der Waals surface area contributed by atoms with Gasteiger partial charge >= 0.3 is 6.61 Å². The molecule has 1 aliphatic heterocycles. The van der Waals surface area contributed by atoms with Crippen molar-refractivity contribution in [3.63, 3.8) is 0 Å². The second-order valence-electron chi connectivity index (χ2n) is 5.91.